The topological polar surface area (TPSA) is 72.4 Å². The van der Waals surface area contributed by atoms with E-state index >= 15 is 0 Å². The third-order valence-electron chi connectivity index (χ3n) is 4.50. The molecule has 1 amide bonds. The van der Waals surface area contributed by atoms with Gasteiger partial charge >= 0.3 is 0 Å². The minimum absolute atomic E-state index is 0.0411. The van der Waals surface area contributed by atoms with E-state index in [2.05, 4.69) is 41.8 Å². The fourth-order valence-corrected chi connectivity index (χ4v) is 3.54. The summed E-state index contributed by atoms with van der Waals surface area (Å²) in [6.07, 6.45) is 3.16. The normalized spacial score (nSPS) is 10.5. The number of hydrogen-bond acceptors (Lipinski definition) is 5. The third-order valence-corrected chi connectivity index (χ3v) is 5.49. The zero-order chi connectivity index (χ0) is 22.5. The molecule has 0 radical (unpaired) electrons. The van der Waals surface area contributed by atoms with Crippen molar-refractivity contribution in [3.05, 3.63) is 81.0 Å². The monoisotopic (exact) mass is 543 g/mol. The highest BCUT2D eigenvalue weighted by atomic mass is 79.9. The van der Waals surface area contributed by atoms with Crippen molar-refractivity contribution >= 4 is 65.4 Å². The molecule has 0 saturated carbocycles. The highest BCUT2D eigenvalue weighted by Gasteiger charge is 2.12. The van der Waals surface area contributed by atoms with Crippen molar-refractivity contribution < 1.29 is 14.4 Å². The Hall–Kier alpha value is -2.68. The van der Waals surface area contributed by atoms with Gasteiger partial charge in [-0.15, -0.1) is 0 Å². The van der Waals surface area contributed by atoms with Crippen molar-refractivity contribution in [1.29, 1.82) is 0 Å². The maximum Gasteiger partial charge on any atom is 0.278 e. The van der Waals surface area contributed by atoms with E-state index in [1.807, 2.05) is 42.5 Å². The van der Waals surface area contributed by atoms with E-state index in [-0.39, 0.29) is 11.7 Å². The van der Waals surface area contributed by atoms with Crippen molar-refractivity contribution in [2.45, 2.75) is 6.92 Å². The zero-order valence-corrected chi connectivity index (χ0v) is 20.3. The first kappa shape index (κ1) is 23.0. The lowest BCUT2D eigenvalue weighted by Crippen LogP contribution is -2.25. The molecule has 0 atom stereocenters. The van der Waals surface area contributed by atoms with Gasteiger partial charge in [0, 0.05) is 44.7 Å². The molecular weight excluding hydrogens is 526 g/mol. The molecule has 2 aromatic heterocycles. The van der Waals surface area contributed by atoms with E-state index < -0.39 is 0 Å². The van der Waals surface area contributed by atoms with Gasteiger partial charge in [0.15, 0.2) is 5.78 Å². The molecule has 31 heavy (non-hydrogen) atoms. The second-order valence-corrected chi connectivity index (χ2v) is 8.49. The maximum absolute atomic E-state index is 11.9. The minimum Gasteiger partial charge on any atom is -0.294 e. The molecule has 158 valence electrons. The number of rotatable bonds is 3. The largest absolute Gasteiger partial charge is 0.294 e. The quantitative estimate of drug-likeness (QED) is 0.239. The van der Waals surface area contributed by atoms with Crippen LogP contribution in [0.3, 0.4) is 0 Å². The summed E-state index contributed by atoms with van der Waals surface area (Å²) in [7, 11) is 3.01. The second kappa shape index (κ2) is 10.1. The van der Waals surface area contributed by atoms with Crippen LogP contribution in [0.1, 0.15) is 27.6 Å². The van der Waals surface area contributed by atoms with Crippen molar-refractivity contribution in [2.75, 3.05) is 14.2 Å². The maximum atomic E-state index is 11.9. The van der Waals surface area contributed by atoms with Crippen LogP contribution in [-0.2, 0) is 4.84 Å². The number of fused-ring (bicyclic) bond motifs is 2. The van der Waals surface area contributed by atoms with Crippen LogP contribution in [0.4, 0.5) is 0 Å². The predicted molar refractivity (Wildman–Crippen MR) is 128 cm³/mol. The van der Waals surface area contributed by atoms with Gasteiger partial charge in [0.25, 0.3) is 5.91 Å². The van der Waals surface area contributed by atoms with E-state index in [0.29, 0.717) is 11.1 Å². The number of Topliss-reactive ketones (excluding diaryl/α,β-unsaturated/α-hetero) is 1. The molecule has 0 aliphatic heterocycles. The highest BCUT2D eigenvalue weighted by Crippen LogP contribution is 2.20. The Kier molecular flexibility index (Phi) is 7.48. The van der Waals surface area contributed by atoms with Gasteiger partial charge in [-0.2, -0.15) is 0 Å². The lowest BCUT2D eigenvalue weighted by molar-refractivity contribution is -0.0757. The average molecular weight is 545 g/mol. The van der Waals surface area contributed by atoms with Gasteiger partial charge in [-0.05, 0) is 55.5 Å². The van der Waals surface area contributed by atoms with Gasteiger partial charge in [0.05, 0.1) is 23.7 Å². The first-order valence-electron chi connectivity index (χ1n) is 9.22. The van der Waals surface area contributed by atoms with Crippen LogP contribution in [0.25, 0.3) is 21.8 Å². The number of hydroxylamine groups is 2. The Morgan fingerprint density at radius 3 is 1.81 bits per heavy atom. The summed E-state index contributed by atoms with van der Waals surface area (Å²) >= 11 is 6.77. The number of nitrogens with zero attached hydrogens (tertiary/aromatic N) is 3. The molecule has 0 saturated heterocycles. The molecule has 4 rings (SSSR count). The Morgan fingerprint density at radius 2 is 1.32 bits per heavy atom. The zero-order valence-electron chi connectivity index (χ0n) is 17.1. The van der Waals surface area contributed by atoms with Crippen LogP contribution in [0.2, 0.25) is 0 Å². The summed E-state index contributed by atoms with van der Waals surface area (Å²) in [5, 5.41) is 3.06. The number of hydrogen-bond donors (Lipinski definition) is 0. The fourth-order valence-electron chi connectivity index (χ4n) is 2.78. The van der Waals surface area contributed by atoms with E-state index in [4.69, 9.17) is 4.84 Å². The van der Waals surface area contributed by atoms with E-state index in [1.54, 1.807) is 32.4 Å². The van der Waals surface area contributed by atoms with Crippen LogP contribution in [-0.4, -0.2) is 40.9 Å². The molecule has 0 fully saturated rings. The Bertz CT molecular complexity index is 1280. The van der Waals surface area contributed by atoms with Crippen LogP contribution in [0.5, 0.6) is 0 Å². The van der Waals surface area contributed by atoms with E-state index in [1.165, 1.54) is 12.2 Å². The van der Waals surface area contributed by atoms with Crippen LogP contribution in [0.15, 0.2) is 69.9 Å². The molecule has 4 aromatic rings. The van der Waals surface area contributed by atoms with E-state index in [0.717, 1.165) is 30.8 Å². The predicted octanol–water partition coefficient (Wildman–Crippen LogP) is 5.83. The number of carbonyl (C=O) groups excluding carboxylic acids is 2. The smallest absolute Gasteiger partial charge is 0.278 e. The Balaban J connectivity index is 0.000000179. The molecule has 0 N–H and O–H groups in total. The number of halogens is 2. The van der Waals surface area contributed by atoms with Gasteiger partial charge in [0.2, 0.25) is 0 Å². The lowest BCUT2D eigenvalue weighted by atomic mass is 10.1. The molecule has 8 heteroatoms. The summed E-state index contributed by atoms with van der Waals surface area (Å²) in [6, 6.07) is 15.2. The molecule has 0 spiro atoms. The summed E-state index contributed by atoms with van der Waals surface area (Å²) in [5.74, 6) is -0.179. The first-order valence-corrected chi connectivity index (χ1v) is 10.8. The number of amides is 1. The molecule has 0 aliphatic rings. The van der Waals surface area contributed by atoms with Crippen molar-refractivity contribution in [1.82, 2.24) is 15.0 Å². The average Bonchev–Trinajstić information content (AvgIpc) is 2.77. The summed E-state index contributed by atoms with van der Waals surface area (Å²) < 4.78 is 1.95. The summed E-state index contributed by atoms with van der Waals surface area (Å²) in [4.78, 5) is 36.3. The number of aromatic nitrogens is 2. The number of ketones is 1. The molecule has 0 bridgehead atoms. The van der Waals surface area contributed by atoms with Crippen LogP contribution >= 0.6 is 31.9 Å². The van der Waals surface area contributed by atoms with Gasteiger partial charge in [-0.25, -0.2) is 5.06 Å². The molecule has 0 aliphatic carbocycles. The standard InChI is InChI=1S/C12H11BrN2O2.C11H8BrNO/c1-15(17-2)12(16)9-5-8-6-10(13)3-4-11(8)14-7-9;1-7(14)9-4-8-5-10(12)2-3-11(8)13-6-9/h3-7H,1-2H3;2-6H,1H3. The minimum atomic E-state index is -0.220. The number of pyridine rings is 2. The van der Waals surface area contributed by atoms with E-state index in [9.17, 15) is 9.59 Å². The second-order valence-electron chi connectivity index (χ2n) is 6.66. The number of benzene rings is 2. The lowest BCUT2D eigenvalue weighted by Gasteiger charge is -2.13. The Labute approximate surface area is 196 Å². The Morgan fingerprint density at radius 1 is 0.839 bits per heavy atom. The fraction of sp³-hybridized carbons (Fsp3) is 0.130. The van der Waals surface area contributed by atoms with Crippen LogP contribution in [0, 0.1) is 0 Å². The van der Waals surface area contributed by atoms with Gasteiger partial charge in [-0.3, -0.25) is 24.4 Å². The third kappa shape index (κ3) is 5.72. The highest BCUT2D eigenvalue weighted by molar-refractivity contribution is 9.10. The SMILES string of the molecule is CC(=O)c1cnc2ccc(Br)cc2c1.CON(C)C(=O)c1cnc2ccc(Br)cc2c1. The van der Waals surface area contributed by atoms with Crippen molar-refractivity contribution in [3.8, 4) is 0 Å². The molecule has 6 nitrogen and oxygen atoms in total. The molecule has 2 aromatic carbocycles. The molecule has 2 heterocycles. The van der Waals surface area contributed by atoms with Gasteiger partial charge in [0.1, 0.15) is 0 Å². The number of carbonyl (C=O) groups is 2. The molecular formula is C23H19Br2N3O3. The summed E-state index contributed by atoms with van der Waals surface area (Å²) in [6.45, 7) is 1.54. The first-order chi connectivity index (χ1) is 14.8. The summed E-state index contributed by atoms with van der Waals surface area (Å²) in [5.41, 5.74) is 2.90. The van der Waals surface area contributed by atoms with Crippen LogP contribution < -0.4 is 0 Å². The van der Waals surface area contributed by atoms with Crippen molar-refractivity contribution in [3.63, 3.8) is 0 Å². The van der Waals surface area contributed by atoms with Crippen molar-refractivity contribution in [2.24, 2.45) is 0 Å². The van der Waals surface area contributed by atoms with Gasteiger partial charge < -0.3 is 0 Å². The molecule has 0 unspecified atom stereocenters. The van der Waals surface area contributed by atoms with Gasteiger partial charge in [-0.1, -0.05) is 31.9 Å².